The van der Waals surface area contributed by atoms with E-state index in [9.17, 15) is 9.90 Å². The minimum absolute atomic E-state index is 0.0633. The Labute approximate surface area is 125 Å². The molecule has 8 nitrogen and oxygen atoms in total. The highest BCUT2D eigenvalue weighted by molar-refractivity contribution is 5.56. The van der Waals surface area contributed by atoms with Crippen LogP contribution in [0.3, 0.4) is 0 Å². The molecule has 2 rings (SSSR count). The van der Waals surface area contributed by atoms with Crippen molar-refractivity contribution < 1.29 is 10.2 Å². The van der Waals surface area contributed by atoms with Gasteiger partial charge in [0.25, 0.3) is 5.56 Å². The Morgan fingerprint density at radius 2 is 2.23 bits per heavy atom. The van der Waals surface area contributed by atoms with Crippen LogP contribution in [0.25, 0.3) is 0 Å². The monoisotopic (exact) mass is 299 g/mol. The van der Waals surface area contributed by atoms with Crippen LogP contribution in [0.1, 0.15) is 11.1 Å². The van der Waals surface area contributed by atoms with Gasteiger partial charge in [-0.15, -0.1) is 10.2 Å². The summed E-state index contributed by atoms with van der Waals surface area (Å²) in [4.78, 5) is 16.2. The summed E-state index contributed by atoms with van der Waals surface area (Å²) in [6.45, 7) is 0.996. The fourth-order valence-corrected chi connectivity index (χ4v) is 1.89. The molecule has 2 aromatic heterocycles. The number of pyridine rings is 2. The quantitative estimate of drug-likeness (QED) is 0.828. The van der Waals surface area contributed by atoms with E-state index in [2.05, 4.69) is 15.2 Å². The first-order valence-corrected chi connectivity index (χ1v) is 6.39. The van der Waals surface area contributed by atoms with Crippen molar-refractivity contribution in [3.8, 4) is 11.9 Å². The number of rotatable bonds is 4. The number of aromatic nitrogens is 2. The second-order valence-electron chi connectivity index (χ2n) is 4.38. The molecule has 0 spiro atoms. The Balaban J connectivity index is 2.61. The molecule has 0 fully saturated rings. The first kappa shape index (κ1) is 15.3. The lowest BCUT2D eigenvalue weighted by Gasteiger charge is -2.11. The summed E-state index contributed by atoms with van der Waals surface area (Å²) in [5.41, 5.74) is -0.0936. The summed E-state index contributed by atoms with van der Waals surface area (Å²) >= 11 is 0. The lowest BCUT2D eigenvalue weighted by Crippen LogP contribution is -2.23. The number of nitrogens with zero attached hydrogens (tertiary/aromatic N) is 5. The third kappa shape index (κ3) is 2.84. The molecule has 0 atom stereocenters. The molecule has 0 aliphatic carbocycles. The van der Waals surface area contributed by atoms with E-state index in [1.165, 1.54) is 13.1 Å². The van der Waals surface area contributed by atoms with Crippen LogP contribution in [0.15, 0.2) is 39.5 Å². The summed E-state index contributed by atoms with van der Waals surface area (Å²) in [5, 5.41) is 35.8. The Bertz CT molecular complexity index is 806. The van der Waals surface area contributed by atoms with Crippen LogP contribution >= 0.6 is 0 Å². The van der Waals surface area contributed by atoms with E-state index in [-0.39, 0.29) is 30.0 Å². The maximum atomic E-state index is 12.3. The van der Waals surface area contributed by atoms with Crippen LogP contribution in [0, 0.1) is 18.3 Å². The van der Waals surface area contributed by atoms with Gasteiger partial charge in [0.05, 0.1) is 19.3 Å². The topological polar surface area (TPSA) is 124 Å². The third-order valence-corrected chi connectivity index (χ3v) is 3.00. The Kier molecular flexibility index (Phi) is 4.60. The molecule has 112 valence electrons. The first-order valence-electron chi connectivity index (χ1n) is 6.39. The van der Waals surface area contributed by atoms with Gasteiger partial charge >= 0.3 is 0 Å². The summed E-state index contributed by atoms with van der Waals surface area (Å²) < 4.78 is 0.892. The summed E-state index contributed by atoms with van der Waals surface area (Å²) in [6.07, 6.45) is 3.05. The first-order chi connectivity index (χ1) is 10.6. The van der Waals surface area contributed by atoms with Crippen molar-refractivity contribution >= 4 is 11.4 Å². The zero-order chi connectivity index (χ0) is 16.1. The average molecular weight is 299 g/mol. The van der Waals surface area contributed by atoms with Gasteiger partial charge in [0.15, 0.2) is 5.69 Å². The summed E-state index contributed by atoms with van der Waals surface area (Å²) in [7, 11) is 0. The van der Waals surface area contributed by atoms with E-state index in [1.54, 1.807) is 18.3 Å². The van der Waals surface area contributed by atoms with Crippen LogP contribution in [-0.4, -0.2) is 26.4 Å². The highest BCUT2D eigenvalue weighted by Crippen LogP contribution is 2.26. The third-order valence-electron chi connectivity index (χ3n) is 3.00. The van der Waals surface area contributed by atoms with Crippen molar-refractivity contribution in [1.29, 1.82) is 5.26 Å². The number of nitriles is 1. The number of azo groups is 1. The molecular formula is C14H13N5O3. The van der Waals surface area contributed by atoms with E-state index in [0.29, 0.717) is 5.69 Å². The summed E-state index contributed by atoms with van der Waals surface area (Å²) in [5.74, 6) is -0.487. The highest BCUT2D eigenvalue weighted by atomic mass is 16.3. The molecule has 0 saturated carbocycles. The zero-order valence-electron chi connectivity index (χ0n) is 11.8. The van der Waals surface area contributed by atoms with Gasteiger partial charge in [0, 0.05) is 11.8 Å². The molecule has 0 bridgehead atoms. The van der Waals surface area contributed by atoms with Crippen molar-refractivity contribution in [1.82, 2.24) is 9.55 Å². The molecule has 22 heavy (non-hydrogen) atoms. The van der Waals surface area contributed by atoms with Crippen molar-refractivity contribution in [3.63, 3.8) is 0 Å². The molecule has 0 saturated heterocycles. The molecular weight excluding hydrogens is 286 g/mol. The van der Waals surface area contributed by atoms with Gasteiger partial charge in [-0.1, -0.05) is 0 Å². The number of aromatic hydroxyl groups is 1. The molecule has 2 N–H and O–H groups in total. The fraction of sp³-hybridized carbons (Fsp3) is 0.214. The number of aliphatic hydroxyl groups is 1. The van der Waals surface area contributed by atoms with Crippen molar-refractivity contribution in [2.75, 3.05) is 6.61 Å². The van der Waals surface area contributed by atoms with E-state index in [1.807, 2.05) is 6.07 Å². The molecule has 0 aromatic carbocycles. The fourth-order valence-electron chi connectivity index (χ4n) is 1.89. The van der Waals surface area contributed by atoms with Crippen LogP contribution in [-0.2, 0) is 6.54 Å². The van der Waals surface area contributed by atoms with Gasteiger partial charge in [-0.25, -0.2) is 0 Å². The SMILES string of the molecule is Cc1c(C#N)c(O)n(CCO)c(=O)c1N=Nc1cccnc1. The maximum absolute atomic E-state index is 12.3. The lowest BCUT2D eigenvalue weighted by molar-refractivity contribution is 0.263. The molecule has 0 aliphatic heterocycles. The van der Waals surface area contributed by atoms with Gasteiger partial charge in [-0.2, -0.15) is 5.26 Å². The van der Waals surface area contributed by atoms with Gasteiger partial charge in [0.2, 0.25) is 5.88 Å². The zero-order valence-corrected chi connectivity index (χ0v) is 11.8. The second-order valence-corrected chi connectivity index (χ2v) is 4.38. The normalized spacial score (nSPS) is 10.8. The maximum Gasteiger partial charge on any atom is 0.281 e. The molecule has 0 amide bonds. The lowest BCUT2D eigenvalue weighted by atomic mass is 10.1. The van der Waals surface area contributed by atoms with Gasteiger partial charge in [-0.05, 0) is 19.1 Å². The molecule has 0 aliphatic rings. The van der Waals surface area contributed by atoms with E-state index in [0.717, 1.165) is 4.57 Å². The van der Waals surface area contributed by atoms with E-state index < -0.39 is 11.4 Å². The molecule has 2 heterocycles. The van der Waals surface area contributed by atoms with E-state index >= 15 is 0 Å². The van der Waals surface area contributed by atoms with Gasteiger partial charge < -0.3 is 10.2 Å². The Morgan fingerprint density at radius 3 is 2.82 bits per heavy atom. The van der Waals surface area contributed by atoms with Crippen LogP contribution in [0.2, 0.25) is 0 Å². The van der Waals surface area contributed by atoms with Crippen LogP contribution in [0.5, 0.6) is 5.88 Å². The second kappa shape index (κ2) is 6.60. The van der Waals surface area contributed by atoms with Gasteiger partial charge in [-0.3, -0.25) is 14.3 Å². The van der Waals surface area contributed by atoms with Crippen LogP contribution in [0.4, 0.5) is 11.4 Å². The minimum atomic E-state index is -0.629. The van der Waals surface area contributed by atoms with E-state index in [4.69, 9.17) is 10.4 Å². The minimum Gasteiger partial charge on any atom is -0.493 e. The molecule has 2 aromatic rings. The van der Waals surface area contributed by atoms with Crippen LogP contribution < -0.4 is 5.56 Å². The molecule has 8 heteroatoms. The standard InChI is InChI=1S/C14H13N5O3/c1-9-11(7-15)13(21)19(5-6-20)14(22)12(9)18-17-10-3-2-4-16-8-10/h2-4,8,20-21H,5-6H2,1H3. The number of hydrogen-bond donors (Lipinski definition) is 2. The van der Waals surface area contributed by atoms with Crippen molar-refractivity contribution in [2.24, 2.45) is 10.2 Å². The molecule has 0 unspecified atom stereocenters. The Hall–Kier alpha value is -3.05. The predicted molar refractivity (Wildman–Crippen MR) is 77.3 cm³/mol. The summed E-state index contributed by atoms with van der Waals surface area (Å²) in [6, 6.07) is 5.15. The average Bonchev–Trinajstić information content (AvgIpc) is 2.53. The predicted octanol–water partition coefficient (Wildman–Crippen LogP) is 1.54. The molecule has 0 radical (unpaired) electrons. The largest absolute Gasteiger partial charge is 0.493 e. The van der Waals surface area contributed by atoms with Gasteiger partial charge in [0.1, 0.15) is 17.3 Å². The highest BCUT2D eigenvalue weighted by Gasteiger charge is 2.18. The van der Waals surface area contributed by atoms with Crippen molar-refractivity contribution in [3.05, 3.63) is 46.0 Å². The Morgan fingerprint density at radius 1 is 1.45 bits per heavy atom. The smallest absolute Gasteiger partial charge is 0.281 e. The number of aliphatic hydroxyl groups excluding tert-OH is 1. The van der Waals surface area contributed by atoms with Crippen molar-refractivity contribution in [2.45, 2.75) is 13.5 Å². The number of hydrogen-bond acceptors (Lipinski definition) is 7.